The van der Waals surface area contributed by atoms with Crippen LogP contribution in [-0.2, 0) is 0 Å². The summed E-state index contributed by atoms with van der Waals surface area (Å²) in [4.78, 5) is 2.38. The second kappa shape index (κ2) is 15.2. The average molecular weight is 845 g/mol. The summed E-state index contributed by atoms with van der Waals surface area (Å²) in [6.45, 7) is 0. The van der Waals surface area contributed by atoms with Crippen molar-refractivity contribution in [3.63, 3.8) is 0 Å². The van der Waals surface area contributed by atoms with E-state index >= 15 is 0 Å². The van der Waals surface area contributed by atoms with E-state index < -0.39 is 0 Å². The standard InChI is InChI=1S/C62H40N2S/c1-2-13-45-37-48(24-23-41(45)11-1)47-15-10-16-52(39-47)63(51-33-27-43(28-34-51)49-30-35-57-58-36-29-44-12-3-4-18-54(44)62(58)65-61(57)40-49)50-31-25-42(26-32-50)46-14-9-17-53(38-46)64-59-21-7-5-19-55(59)56-20-6-8-22-60(56)64/h1-40H. The van der Waals surface area contributed by atoms with Crippen LogP contribution in [0, 0.1) is 0 Å². The molecule has 0 amide bonds. The fourth-order valence-corrected chi connectivity index (χ4v) is 11.2. The van der Waals surface area contributed by atoms with Crippen LogP contribution in [0.2, 0.25) is 0 Å². The maximum absolute atomic E-state index is 2.39. The Balaban J connectivity index is 0.885. The molecule has 0 spiro atoms. The van der Waals surface area contributed by atoms with Crippen molar-refractivity contribution in [3.05, 3.63) is 243 Å². The smallest absolute Gasteiger partial charge is 0.0541 e. The molecule has 0 aliphatic carbocycles. The molecule has 2 aromatic heterocycles. The third kappa shape index (κ3) is 6.39. The SMILES string of the molecule is c1cc(-c2ccc3ccccc3c2)cc(N(c2ccc(-c3cccc(-n4c5ccccc5c5ccccc54)c3)cc2)c2ccc(-c3ccc4c(c3)sc3c5ccccc5ccc43)cc2)c1. The lowest BCUT2D eigenvalue weighted by atomic mass is 10.00. The zero-order chi connectivity index (χ0) is 42.8. The molecule has 13 aromatic rings. The average Bonchev–Trinajstić information content (AvgIpc) is 3.93. The van der Waals surface area contributed by atoms with E-state index in [1.807, 2.05) is 11.3 Å². The molecule has 13 rings (SSSR count). The van der Waals surface area contributed by atoms with Gasteiger partial charge in [-0.15, -0.1) is 11.3 Å². The monoisotopic (exact) mass is 844 g/mol. The van der Waals surface area contributed by atoms with Crippen LogP contribution in [0.4, 0.5) is 17.1 Å². The summed E-state index contributed by atoms with van der Waals surface area (Å²) in [5.41, 5.74) is 14.0. The summed E-state index contributed by atoms with van der Waals surface area (Å²) in [6, 6.07) is 88.9. The molecule has 0 atom stereocenters. The van der Waals surface area contributed by atoms with Gasteiger partial charge >= 0.3 is 0 Å². The molecule has 0 unspecified atom stereocenters. The van der Waals surface area contributed by atoms with Gasteiger partial charge in [-0.05, 0) is 128 Å². The number of aromatic nitrogens is 1. The summed E-state index contributed by atoms with van der Waals surface area (Å²) < 4.78 is 5.05. The van der Waals surface area contributed by atoms with Gasteiger partial charge in [-0.3, -0.25) is 0 Å². The van der Waals surface area contributed by atoms with E-state index in [0.717, 1.165) is 22.7 Å². The first-order chi connectivity index (χ1) is 32.2. The van der Waals surface area contributed by atoms with Gasteiger partial charge in [-0.2, -0.15) is 0 Å². The lowest BCUT2D eigenvalue weighted by Gasteiger charge is -2.26. The fraction of sp³-hybridized carbons (Fsp3) is 0. The van der Waals surface area contributed by atoms with Crippen molar-refractivity contribution in [2.24, 2.45) is 0 Å². The molecule has 0 bridgehead atoms. The Bertz CT molecular complexity index is 3900. The second-order valence-electron chi connectivity index (χ2n) is 16.9. The van der Waals surface area contributed by atoms with Crippen molar-refractivity contribution >= 4 is 91.9 Å². The highest BCUT2D eigenvalue weighted by Crippen LogP contribution is 2.42. The number of nitrogens with zero attached hydrogens (tertiary/aromatic N) is 2. The minimum atomic E-state index is 1.09. The fourth-order valence-electron chi connectivity index (χ4n) is 9.96. The Morgan fingerprint density at radius 1 is 0.292 bits per heavy atom. The quantitative estimate of drug-likeness (QED) is 0.155. The first kappa shape index (κ1) is 37.3. The van der Waals surface area contributed by atoms with Crippen LogP contribution in [0.3, 0.4) is 0 Å². The van der Waals surface area contributed by atoms with Crippen LogP contribution in [0.15, 0.2) is 243 Å². The van der Waals surface area contributed by atoms with Crippen molar-refractivity contribution in [1.29, 1.82) is 0 Å². The minimum absolute atomic E-state index is 1.09. The van der Waals surface area contributed by atoms with E-state index in [-0.39, 0.29) is 0 Å². The molecule has 0 fully saturated rings. The lowest BCUT2D eigenvalue weighted by Crippen LogP contribution is -2.10. The van der Waals surface area contributed by atoms with Gasteiger partial charge in [0.05, 0.1) is 11.0 Å². The second-order valence-corrected chi connectivity index (χ2v) is 18.0. The Labute approximate surface area is 381 Å². The Morgan fingerprint density at radius 2 is 0.815 bits per heavy atom. The number of fused-ring (bicyclic) bond motifs is 9. The molecule has 2 nitrogen and oxygen atoms in total. The van der Waals surface area contributed by atoms with E-state index in [1.54, 1.807) is 0 Å². The number of para-hydroxylation sites is 2. The van der Waals surface area contributed by atoms with Crippen LogP contribution in [-0.4, -0.2) is 4.57 Å². The Morgan fingerprint density at radius 3 is 1.54 bits per heavy atom. The Hall–Kier alpha value is -8.24. The molecule has 0 saturated heterocycles. The van der Waals surface area contributed by atoms with Gasteiger partial charge in [0.1, 0.15) is 0 Å². The van der Waals surface area contributed by atoms with Gasteiger partial charge in [0.15, 0.2) is 0 Å². The molecule has 0 radical (unpaired) electrons. The van der Waals surface area contributed by atoms with E-state index in [2.05, 4.69) is 252 Å². The molecular formula is C62H40N2S. The molecule has 65 heavy (non-hydrogen) atoms. The third-order valence-corrected chi connectivity index (χ3v) is 14.4. The summed E-state index contributed by atoms with van der Waals surface area (Å²) in [5.74, 6) is 0. The molecule has 0 aliphatic heterocycles. The summed E-state index contributed by atoms with van der Waals surface area (Å²) >= 11 is 1.89. The van der Waals surface area contributed by atoms with Crippen LogP contribution in [0.25, 0.3) is 103 Å². The number of benzene rings is 11. The van der Waals surface area contributed by atoms with Crippen LogP contribution in [0.1, 0.15) is 0 Å². The van der Waals surface area contributed by atoms with Crippen molar-refractivity contribution in [3.8, 4) is 39.1 Å². The lowest BCUT2D eigenvalue weighted by molar-refractivity contribution is 1.18. The van der Waals surface area contributed by atoms with E-state index in [0.29, 0.717) is 0 Å². The van der Waals surface area contributed by atoms with Crippen LogP contribution >= 0.6 is 11.3 Å². The zero-order valence-electron chi connectivity index (χ0n) is 35.4. The zero-order valence-corrected chi connectivity index (χ0v) is 36.2. The number of hydrogen-bond acceptors (Lipinski definition) is 2. The molecular weight excluding hydrogens is 805 g/mol. The molecule has 0 aliphatic rings. The van der Waals surface area contributed by atoms with Crippen molar-refractivity contribution in [2.75, 3.05) is 4.90 Å². The minimum Gasteiger partial charge on any atom is -0.310 e. The van der Waals surface area contributed by atoms with E-state index in [4.69, 9.17) is 0 Å². The van der Waals surface area contributed by atoms with Crippen molar-refractivity contribution in [2.45, 2.75) is 0 Å². The topological polar surface area (TPSA) is 8.17 Å². The first-order valence-electron chi connectivity index (χ1n) is 22.2. The van der Waals surface area contributed by atoms with E-state index in [9.17, 15) is 0 Å². The summed E-state index contributed by atoms with van der Waals surface area (Å²) in [5, 5.41) is 10.3. The first-order valence-corrected chi connectivity index (χ1v) is 23.0. The van der Waals surface area contributed by atoms with E-state index in [1.165, 1.54) is 96.9 Å². The molecule has 3 heteroatoms. The molecule has 304 valence electrons. The van der Waals surface area contributed by atoms with Gasteiger partial charge < -0.3 is 9.47 Å². The summed E-state index contributed by atoms with van der Waals surface area (Å²) in [7, 11) is 0. The molecule has 0 N–H and O–H groups in total. The summed E-state index contributed by atoms with van der Waals surface area (Å²) in [6.07, 6.45) is 0. The predicted octanol–water partition coefficient (Wildman–Crippen LogP) is 17.9. The molecule has 2 heterocycles. The number of anilines is 3. The highest BCUT2D eigenvalue weighted by molar-refractivity contribution is 7.26. The Kier molecular flexibility index (Phi) is 8.75. The maximum Gasteiger partial charge on any atom is 0.0541 e. The van der Waals surface area contributed by atoms with Gasteiger partial charge in [0, 0.05) is 53.7 Å². The predicted molar refractivity (Wildman–Crippen MR) is 280 cm³/mol. The maximum atomic E-state index is 2.39. The van der Waals surface area contributed by atoms with Crippen LogP contribution < -0.4 is 4.90 Å². The van der Waals surface area contributed by atoms with Crippen molar-refractivity contribution < 1.29 is 0 Å². The van der Waals surface area contributed by atoms with Gasteiger partial charge in [0.2, 0.25) is 0 Å². The van der Waals surface area contributed by atoms with Gasteiger partial charge in [0.25, 0.3) is 0 Å². The molecule has 0 saturated carbocycles. The normalized spacial score (nSPS) is 11.7. The number of rotatable bonds is 7. The number of hydrogen-bond donors (Lipinski definition) is 0. The highest BCUT2D eigenvalue weighted by atomic mass is 32.1. The number of thiophene rings is 1. The molecule has 11 aromatic carbocycles. The van der Waals surface area contributed by atoms with Crippen LogP contribution in [0.5, 0.6) is 0 Å². The highest BCUT2D eigenvalue weighted by Gasteiger charge is 2.17. The van der Waals surface area contributed by atoms with Gasteiger partial charge in [-0.1, -0.05) is 170 Å². The van der Waals surface area contributed by atoms with Crippen molar-refractivity contribution in [1.82, 2.24) is 4.57 Å². The van der Waals surface area contributed by atoms with Gasteiger partial charge in [-0.25, -0.2) is 0 Å². The largest absolute Gasteiger partial charge is 0.310 e. The third-order valence-electron chi connectivity index (χ3n) is 13.2.